The maximum absolute atomic E-state index is 13.3. The first kappa shape index (κ1) is 22.5. The summed E-state index contributed by atoms with van der Waals surface area (Å²) in [4.78, 5) is 17.7. The first-order chi connectivity index (χ1) is 16.0. The summed E-state index contributed by atoms with van der Waals surface area (Å²) < 4.78 is 18.9. The summed E-state index contributed by atoms with van der Waals surface area (Å²) in [6.07, 6.45) is 0. The van der Waals surface area contributed by atoms with Crippen molar-refractivity contribution in [2.24, 2.45) is 0 Å². The highest BCUT2D eigenvalue weighted by Gasteiger charge is 2.15. The number of halogens is 1. The predicted octanol–water partition coefficient (Wildman–Crippen LogP) is 5.47. The van der Waals surface area contributed by atoms with Crippen LogP contribution in [0.4, 0.5) is 10.1 Å². The minimum absolute atomic E-state index is 0.172. The zero-order valence-electron chi connectivity index (χ0n) is 18.2. The van der Waals surface area contributed by atoms with Crippen molar-refractivity contribution in [3.8, 4) is 5.75 Å². The molecule has 0 aliphatic heterocycles. The fourth-order valence-electron chi connectivity index (χ4n) is 3.55. The van der Waals surface area contributed by atoms with Gasteiger partial charge in [0.1, 0.15) is 11.6 Å². The number of H-pyrrole nitrogens is 1. The Balaban J connectivity index is 1.64. The maximum Gasteiger partial charge on any atom is 0.253 e. The number of nitrogens with zero attached hydrogens (tertiary/aromatic N) is 1. The van der Waals surface area contributed by atoms with Crippen LogP contribution in [0.1, 0.15) is 18.1 Å². The lowest BCUT2D eigenvalue weighted by Gasteiger charge is -2.26. The molecule has 0 amide bonds. The van der Waals surface area contributed by atoms with Crippen molar-refractivity contribution in [3.05, 3.63) is 106 Å². The molecule has 3 aromatic carbocycles. The van der Waals surface area contributed by atoms with Gasteiger partial charge in [0.25, 0.3) is 5.56 Å². The van der Waals surface area contributed by atoms with Crippen LogP contribution >= 0.6 is 12.2 Å². The average molecular weight is 462 g/mol. The highest BCUT2D eigenvalue weighted by atomic mass is 32.1. The van der Waals surface area contributed by atoms with Crippen molar-refractivity contribution in [2.75, 3.05) is 11.9 Å². The molecule has 0 saturated heterocycles. The molecule has 0 spiro atoms. The zero-order valence-corrected chi connectivity index (χ0v) is 19.0. The number of hydrogen-bond donors (Lipinski definition) is 2. The standard InChI is InChI=1S/C26H24FN3O2S/c1-2-32-23-12-13-24-19(15-23)14-20(25(31)29-24)17-30(16-18-6-4-3-5-7-18)26(33)28-22-10-8-21(27)9-11-22/h3-15H,2,16-17H2,1H3,(H,28,33)(H,29,31). The van der Waals surface area contributed by atoms with E-state index < -0.39 is 0 Å². The summed E-state index contributed by atoms with van der Waals surface area (Å²) in [6, 6.07) is 23.3. The zero-order chi connectivity index (χ0) is 23.2. The fourth-order valence-corrected chi connectivity index (χ4v) is 3.80. The smallest absolute Gasteiger partial charge is 0.253 e. The molecular weight excluding hydrogens is 437 g/mol. The molecule has 7 heteroatoms. The van der Waals surface area contributed by atoms with Gasteiger partial charge in [0, 0.05) is 28.7 Å². The second-order valence-electron chi connectivity index (χ2n) is 7.58. The summed E-state index contributed by atoms with van der Waals surface area (Å²) in [6.45, 7) is 3.30. The number of anilines is 1. The van der Waals surface area contributed by atoms with Crippen LogP contribution in [0.5, 0.6) is 5.75 Å². The highest BCUT2D eigenvalue weighted by Crippen LogP contribution is 2.20. The molecule has 1 aromatic heterocycles. The lowest BCUT2D eigenvalue weighted by molar-refractivity contribution is 0.340. The Morgan fingerprint density at radius 1 is 1.03 bits per heavy atom. The van der Waals surface area contributed by atoms with E-state index in [1.54, 1.807) is 12.1 Å². The van der Waals surface area contributed by atoms with Gasteiger partial charge in [-0.15, -0.1) is 0 Å². The molecular formula is C26H24FN3O2S. The molecule has 168 valence electrons. The van der Waals surface area contributed by atoms with E-state index in [-0.39, 0.29) is 11.4 Å². The second kappa shape index (κ2) is 10.3. The topological polar surface area (TPSA) is 57.4 Å². The number of benzene rings is 3. The van der Waals surface area contributed by atoms with Crippen LogP contribution in [0.3, 0.4) is 0 Å². The molecule has 0 atom stereocenters. The maximum atomic E-state index is 13.3. The molecule has 0 saturated carbocycles. The second-order valence-corrected chi connectivity index (χ2v) is 7.97. The lowest BCUT2D eigenvalue weighted by atomic mass is 10.1. The third-order valence-corrected chi connectivity index (χ3v) is 5.52. The number of ether oxygens (including phenoxy) is 1. The molecule has 0 radical (unpaired) electrons. The minimum atomic E-state index is -0.318. The van der Waals surface area contributed by atoms with Gasteiger partial charge < -0.3 is 19.9 Å². The summed E-state index contributed by atoms with van der Waals surface area (Å²) in [5.74, 6) is 0.430. The van der Waals surface area contributed by atoms with Gasteiger partial charge in [0.05, 0.1) is 13.2 Å². The van der Waals surface area contributed by atoms with Crippen LogP contribution in [0.25, 0.3) is 10.9 Å². The van der Waals surface area contributed by atoms with Gasteiger partial charge in [-0.05, 0) is 73.2 Å². The van der Waals surface area contributed by atoms with Crippen LogP contribution in [0.15, 0.2) is 83.7 Å². The van der Waals surface area contributed by atoms with E-state index in [4.69, 9.17) is 17.0 Å². The van der Waals surface area contributed by atoms with Crippen LogP contribution < -0.4 is 15.6 Å². The number of rotatable bonds is 7. The van der Waals surface area contributed by atoms with E-state index >= 15 is 0 Å². The van der Waals surface area contributed by atoms with E-state index in [1.165, 1.54) is 12.1 Å². The van der Waals surface area contributed by atoms with Gasteiger partial charge in [-0.2, -0.15) is 0 Å². The molecule has 4 aromatic rings. The molecule has 2 N–H and O–H groups in total. The van der Waals surface area contributed by atoms with E-state index in [0.717, 1.165) is 22.2 Å². The van der Waals surface area contributed by atoms with Crippen LogP contribution in [-0.4, -0.2) is 21.6 Å². The molecule has 0 bridgehead atoms. The molecule has 1 heterocycles. The first-order valence-electron chi connectivity index (χ1n) is 10.7. The number of aromatic nitrogens is 1. The first-order valence-corrected chi connectivity index (χ1v) is 11.1. The van der Waals surface area contributed by atoms with Crippen molar-refractivity contribution < 1.29 is 9.13 Å². The van der Waals surface area contributed by atoms with E-state index in [1.807, 2.05) is 66.4 Å². The Morgan fingerprint density at radius 3 is 2.52 bits per heavy atom. The van der Waals surface area contributed by atoms with Gasteiger partial charge in [0.15, 0.2) is 5.11 Å². The number of nitrogens with one attached hydrogen (secondary N) is 2. The van der Waals surface area contributed by atoms with Crippen LogP contribution in [-0.2, 0) is 13.1 Å². The fraction of sp³-hybridized carbons (Fsp3) is 0.154. The molecule has 4 rings (SSSR count). The monoisotopic (exact) mass is 461 g/mol. The number of hydrogen-bond acceptors (Lipinski definition) is 3. The molecule has 0 aliphatic carbocycles. The van der Waals surface area contributed by atoms with Crippen molar-refractivity contribution in [1.82, 2.24) is 9.88 Å². The Labute approximate surface area is 196 Å². The largest absolute Gasteiger partial charge is 0.494 e. The van der Waals surface area contributed by atoms with Gasteiger partial charge in [-0.25, -0.2) is 4.39 Å². The summed E-state index contributed by atoms with van der Waals surface area (Å²) in [5, 5.41) is 4.47. The lowest BCUT2D eigenvalue weighted by Crippen LogP contribution is -2.35. The Kier molecular flexibility index (Phi) is 7.00. The quantitative estimate of drug-likeness (QED) is 0.358. The third kappa shape index (κ3) is 5.75. The highest BCUT2D eigenvalue weighted by molar-refractivity contribution is 7.80. The predicted molar refractivity (Wildman–Crippen MR) is 134 cm³/mol. The van der Waals surface area contributed by atoms with Gasteiger partial charge in [-0.1, -0.05) is 30.3 Å². The van der Waals surface area contributed by atoms with Crippen LogP contribution in [0.2, 0.25) is 0 Å². The molecule has 5 nitrogen and oxygen atoms in total. The average Bonchev–Trinajstić information content (AvgIpc) is 2.81. The Morgan fingerprint density at radius 2 is 1.79 bits per heavy atom. The summed E-state index contributed by atoms with van der Waals surface area (Å²) >= 11 is 5.67. The van der Waals surface area contributed by atoms with E-state index in [2.05, 4.69) is 10.3 Å². The van der Waals surface area contributed by atoms with Gasteiger partial charge in [0.2, 0.25) is 0 Å². The molecule has 0 aliphatic rings. The van der Waals surface area contributed by atoms with Gasteiger partial charge in [-0.3, -0.25) is 4.79 Å². The summed E-state index contributed by atoms with van der Waals surface area (Å²) in [7, 11) is 0. The van der Waals surface area contributed by atoms with Crippen molar-refractivity contribution in [2.45, 2.75) is 20.0 Å². The van der Waals surface area contributed by atoms with Crippen molar-refractivity contribution in [1.29, 1.82) is 0 Å². The number of aromatic amines is 1. The van der Waals surface area contributed by atoms with E-state index in [0.29, 0.717) is 36.1 Å². The Bertz CT molecular complexity index is 1310. The van der Waals surface area contributed by atoms with Crippen LogP contribution in [0, 0.1) is 5.82 Å². The number of pyridine rings is 1. The molecule has 0 unspecified atom stereocenters. The van der Waals surface area contributed by atoms with Gasteiger partial charge >= 0.3 is 0 Å². The Hall–Kier alpha value is -3.71. The number of thiocarbonyl (C=S) groups is 1. The van der Waals surface area contributed by atoms with Crippen molar-refractivity contribution >= 4 is 33.9 Å². The SMILES string of the molecule is CCOc1ccc2[nH]c(=O)c(CN(Cc3ccccc3)C(=S)Nc3ccc(F)cc3)cc2c1. The van der Waals surface area contributed by atoms with E-state index in [9.17, 15) is 9.18 Å². The third-order valence-electron chi connectivity index (χ3n) is 5.16. The normalized spacial score (nSPS) is 10.7. The number of fused-ring (bicyclic) bond motifs is 1. The molecule has 0 fully saturated rings. The minimum Gasteiger partial charge on any atom is -0.494 e. The van der Waals surface area contributed by atoms with Crippen molar-refractivity contribution in [3.63, 3.8) is 0 Å². The summed E-state index contributed by atoms with van der Waals surface area (Å²) in [5.41, 5.74) is 2.88. The molecule has 33 heavy (non-hydrogen) atoms.